The minimum atomic E-state index is -0.997. The number of hydrogen-bond donors (Lipinski definition) is 0. The lowest BCUT2D eigenvalue weighted by molar-refractivity contribution is -0.159. The van der Waals surface area contributed by atoms with Gasteiger partial charge in [-0.25, -0.2) is 0 Å². The van der Waals surface area contributed by atoms with E-state index in [0.717, 1.165) is 25.7 Å². The van der Waals surface area contributed by atoms with Crippen molar-refractivity contribution in [3.63, 3.8) is 0 Å². The quantitative estimate of drug-likeness (QED) is 0.270. The minimum absolute atomic E-state index is 0.335. The number of hydrogen-bond acceptors (Lipinski definition) is 4. The van der Waals surface area contributed by atoms with Crippen molar-refractivity contribution >= 4 is 11.9 Å². The molecule has 0 aromatic carbocycles. The molecule has 0 aliphatic heterocycles. The summed E-state index contributed by atoms with van der Waals surface area (Å²) in [7, 11) is 0. The summed E-state index contributed by atoms with van der Waals surface area (Å²) in [4.78, 5) is 23.1. The molecular weight excluding hydrogens is 220 g/mol. The second-order valence-corrected chi connectivity index (χ2v) is 3.76. The van der Waals surface area contributed by atoms with Crippen molar-refractivity contribution in [2.45, 2.75) is 39.5 Å². The van der Waals surface area contributed by atoms with E-state index in [1.807, 2.05) is 13.8 Å². The molecule has 4 heteroatoms. The molecule has 0 bridgehead atoms. The number of carbonyl (C=O) groups excluding carboxylic acids is 2. The SMILES string of the molecule is C=CC(C(=O)OCCCC)C(=O)OCCCC. The molecule has 0 atom stereocenters. The third-order valence-corrected chi connectivity index (χ3v) is 2.23. The summed E-state index contributed by atoms with van der Waals surface area (Å²) >= 11 is 0. The van der Waals surface area contributed by atoms with Gasteiger partial charge in [-0.2, -0.15) is 0 Å². The third kappa shape index (κ3) is 6.76. The van der Waals surface area contributed by atoms with Crippen molar-refractivity contribution in [3.05, 3.63) is 12.7 Å². The fourth-order valence-electron chi connectivity index (χ4n) is 1.10. The smallest absolute Gasteiger partial charge is 0.324 e. The number of unbranched alkanes of at least 4 members (excludes halogenated alkanes) is 2. The molecule has 0 aliphatic rings. The van der Waals surface area contributed by atoms with Gasteiger partial charge in [0, 0.05) is 0 Å². The molecule has 0 saturated carbocycles. The van der Waals surface area contributed by atoms with Gasteiger partial charge >= 0.3 is 11.9 Å². The van der Waals surface area contributed by atoms with Gasteiger partial charge in [-0.1, -0.05) is 32.8 Å². The van der Waals surface area contributed by atoms with Gasteiger partial charge < -0.3 is 9.47 Å². The van der Waals surface area contributed by atoms with Gasteiger partial charge in [0.05, 0.1) is 13.2 Å². The highest BCUT2D eigenvalue weighted by Gasteiger charge is 2.26. The number of carbonyl (C=O) groups is 2. The fourth-order valence-corrected chi connectivity index (χ4v) is 1.10. The van der Waals surface area contributed by atoms with Crippen LogP contribution in [0, 0.1) is 5.92 Å². The summed E-state index contributed by atoms with van der Waals surface area (Å²) in [5, 5.41) is 0. The van der Waals surface area contributed by atoms with E-state index >= 15 is 0 Å². The van der Waals surface area contributed by atoms with Crippen LogP contribution in [0.5, 0.6) is 0 Å². The van der Waals surface area contributed by atoms with Crippen LogP contribution in [0.3, 0.4) is 0 Å². The second kappa shape index (κ2) is 9.87. The van der Waals surface area contributed by atoms with Gasteiger partial charge in [0.2, 0.25) is 0 Å². The minimum Gasteiger partial charge on any atom is -0.465 e. The van der Waals surface area contributed by atoms with Crippen LogP contribution in [-0.4, -0.2) is 25.2 Å². The Hall–Kier alpha value is -1.32. The van der Waals surface area contributed by atoms with Crippen molar-refractivity contribution in [1.82, 2.24) is 0 Å². The number of ether oxygens (including phenoxy) is 2. The fraction of sp³-hybridized carbons (Fsp3) is 0.692. The van der Waals surface area contributed by atoms with E-state index in [1.165, 1.54) is 6.08 Å². The summed E-state index contributed by atoms with van der Waals surface area (Å²) in [6.45, 7) is 8.12. The van der Waals surface area contributed by atoms with E-state index in [9.17, 15) is 9.59 Å². The molecule has 0 spiro atoms. The Balaban J connectivity index is 4.06. The average Bonchev–Trinajstić information content (AvgIpc) is 2.30. The molecule has 0 radical (unpaired) electrons. The highest BCUT2D eigenvalue weighted by Crippen LogP contribution is 2.06. The summed E-state index contributed by atoms with van der Waals surface area (Å²) in [5.41, 5.74) is 0. The van der Waals surface area contributed by atoms with Gasteiger partial charge in [0.1, 0.15) is 0 Å². The number of rotatable bonds is 9. The van der Waals surface area contributed by atoms with Crippen LogP contribution in [0.25, 0.3) is 0 Å². The Bertz CT molecular complexity index is 226. The van der Waals surface area contributed by atoms with Crippen LogP contribution in [-0.2, 0) is 19.1 Å². The first-order chi connectivity index (χ1) is 8.17. The van der Waals surface area contributed by atoms with E-state index in [1.54, 1.807) is 0 Å². The van der Waals surface area contributed by atoms with Crippen molar-refractivity contribution in [2.75, 3.05) is 13.2 Å². The van der Waals surface area contributed by atoms with Gasteiger partial charge in [0.25, 0.3) is 0 Å². The van der Waals surface area contributed by atoms with Crippen molar-refractivity contribution < 1.29 is 19.1 Å². The van der Waals surface area contributed by atoms with Crippen LogP contribution >= 0.6 is 0 Å². The lowest BCUT2D eigenvalue weighted by Crippen LogP contribution is -2.26. The molecule has 0 unspecified atom stereocenters. The van der Waals surface area contributed by atoms with Crippen LogP contribution in [0.2, 0.25) is 0 Å². The highest BCUT2D eigenvalue weighted by atomic mass is 16.6. The van der Waals surface area contributed by atoms with Gasteiger partial charge in [0.15, 0.2) is 5.92 Å². The zero-order valence-corrected chi connectivity index (χ0v) is 10.7. The largest absolute Gasteiger partial charge is 0.465 e. The molecule has 0 N–H and O–H groups in total. The standard InChI is InChI=1S/C13H22O4/c1-4-7-9-16-12(14)11(6-3)13(15)17-10-8-5-2/h6,11H,3-5,7-10H2,1-2H3. The van der Waals surface area contributed by atoms with E-state index in [-0.39, 0.29) is 0 Å². The maximum absolute atomic E-state index is 11.5. The normalized spacial score (nSPS) is 10.1. The first-order valence-corrected chi connectivity index (χ1v) is 6.13. The molecule has 98 valence electrons. The first kappa shape index (κ1) is 15.7. The van der Waals surface area contributed by atoms with Crippen LogP contribution in [0.1, 0.15) is 39.5 Å². The Morgan fingerprint density at radius 3 is 1.76 bits per heavy atom. The lowest BCUT2D eigenvalue weighted by Gasteiger charge is -2.11. The molecule has 0 fully saturated rings. The third-order valence-electron chi connectivity index (χ3n) is 2.23. The topological polar surface area (TPSA) is 52.6 Å². The van der Waals surface area contributed by atoms with Crippen molar-refractivity contribution in [2.24, 2.45) is 5.92 Å². The first-order valence-electron chi connectivity index (χ1n) is 6.13. The molecule has 0 aliphatic carbocycles. The molecule has 17 heavy (non-hydrogen) atoms. The summed E-state index contributed by atoms with van der Waals surface area (Å²) in [6, 6.07) is 0. The maximum atomic E-state index is 11.5. The Morgan fingerprint density at radius 1 is 1.06 bits per heavy atom. The Kier molecular flexibility index (Phi) is 9.11. The molecule has 0 saturated heterocycles. The maximum Gasteiger partial charge on any atom is 0.324 e. The predicted octanol–water partition coefficient (Wildman–Crippen LogP) is 2.48. The van der Waals surface area contributed by atoms with E-state index in [4.69, 9.17) is 9.47 Å². The predicted molar refractivity (Wildman–Crippen MR) is 65.4 cm³/mol. The summed E-state index contributed by atoms with van der Waals surface area (Å²) < 4.78 is 9.90. The zero-order chi connectivity index (χ0) is 13.1. The van der Waals surface area contributed by atoms with Crippen LogP contribution in [0.15, 0.2) is 12.7 Å². The number of esters is 2. The second-order valence-electron chi connectivity index (χ2n) is 3.76. The Morgan fingerprint density at radius 2 is 1.47 bits per heavy atom. The lowest BCUT2D eigenvalue weighted by atomic mass is 10.1. The molecule has 0 rings (SSSR count). The van der Waals surface area contributed by atoms with Crippen molar-refractivity contribution in [1.29, 1.82) is 0 Å². The highest BCUT2D eigenvalue weighted by molar-refractivity contribution is 5.96. The molecule has 4 nitrogen and oxygen atoms in total. The molecule has 0 aromatic heterocycles. The van der Waals surface area contributed by atoms with Gasteiger partial charge in [-0.3, -0.25) is 9.59 Å². The molecule has 0 aromatic rings. The Labute approximate surface area is 103 Å². The molecule has 0 heterocycles. The molecular formula is C13H22O4. The van der Waals surface area contributed by atoms with Crippen LogP contribution < -0.4 is 0 Å². The van der Waals surface area contributed by atoms with E-state index in [2.05, 4.69) is 6.58 Å². The van der Waals surface area contributed by atoms with Gasteiger partial charge in [-0.15, -0.1) is 6.58 Å². The summed E-state index contributed by atoms with van der Waals surface area (Å²) in [6.07, 6.45) is 4.73. The van der Waals surface area contributed by atoms with Crippen LogP contribution in [0.4, 0.5) is 0 Å². The average molecular weight is 242 g/mol. The zero-order valence-electron chi connectivity index (χ0n) is 10.7. The van der Waals surface area contributed by atoms with Gasteiger partial charge in [-0.05, 0) is 12.8 Å². The van der Waals surface area contributed by atoms with Crippen molar-refractivity contribution in [3.8, 4) is 0 Å². The van der Waals surface area contributed by atoms with E-state index < -0.39 is 17.9 Å². The molecule has 0 amide bonds. The monoisotopic (exact) mass is 242 g/mol. The summed E-state index contributed by atoms with van der Waals surface area (Å²) in [5.74, 6) is -2.14. The van der Waals surface area contributed by atoms with E-state index in [0.29, 0.717) is 13.2 Å².